The molecule has 0 radical (unpaired) electrons. The number of carbonyl (C=O) groups is 2. The first-order valence-corrected chi connectivity index (χ1v) is 8.26. The zero-order valence-electron chi connectivity index (χ0n) is 12.3. The van der Waals surface area contributed by atoms with Gasteiger partial charge in [-0.1, -0.05) is 17.7 Å². The van der Waals surface area contributed by atoms with Gasteiger partial charge in [0.1, 0.15) is 0 Å². The molecule has 0 aromatic heterocycles. The monoisotopic (exact) mass is 350 g/mol. The fraction of sp³-hybridized carbons (Fsp3) is 0.125. The standard InChI is InChI=1S/C16H15ClN2O3S/c1-23-12-4-2-3-11(8-12)19-15(20)9-22-16(21)13-6-5-10(17)7-14(13)18/h2-8H,9,18H2,1H3,(H,19,20). The smallest absolute Gasteiger partial charge is 0.340 e. The first kappa shape index (κ1) is 17.2. The molecule has 2 aromatic rings. The van der Waals surface area contributed by atoms with Crippen LogP contribution in [0.5, 0.6) is 0 Å². The number of rotatable bonds is 5. The van der Waals surface area contributed by atoms with E-state index in [2.05, 4.69) is 5.32 Å². The highest BCUT2D eigenvalue weighted by Crippen LogP contribution is 2.20. The summed E-state index contributed by atoms with van der Waals surface area (Å²) in [5.74, 6) is -1.10. The molecule has 23 heavy (non-hydrogen) atoms. The lowest BCUT2D eigenvalue weighted by atomic mass is 10.2. The minimum absolute atomic E-state index is 0.173. The summed E-state index contributed by atoms with van der Waals surface area (Å²) in [6.07, 6.45) is 1.94. The molecule has 0 spiro atoms. The lowest BCUT2D eigenvalue weighted by Gasteiger charge is -2.09. The predicted molar refractivity (Wildman–Crippen MR) is 93.0 cm³/mol. The van der Waals surface area contributed by atoms with Crippen molar-refractivity contribution in [3.8, 4) is 0 Å². The van der Waals surface area contributed by atoms with Gasteiger partial charge in [-0.3, -0.25) is 4.79 Å². The summed E-state index contributed by atoms with van der Waals surface area (Å²) in [5.41, 5.74) is 6.72. The Morgan fingerprint density at radius 2 is 2.04 bits per heavy atom. The second-order valence-electron chi connectivity index (χ2n) is 4.59. The summed E-state index contributed by atoms with van der Waals surface area (Å²) in [5, 5.41) is 3.09. The molecule has 3 N–H and O–H groups in total. The Morgan fingerprint density at radius 3 is 2.74 bits per heavy atom. The molecule has 1 amide bonds. The van der Waals surface area contributed by atoms with E-state index in [4.69, 9.17) is 22.1 Å². The molecule has 0 fully saturated rings. The molecule has 2 aromatic carbocycles. The molecule has 7 heteroatoms. The molecule has 5 nitrogen and oxygen atoms in total. The molecule has 0 unspecified atom stereocenters. The molecule has 0 heterocycles. The number of thioether (sulfide) groups is 1. The number of amides is 1. The Labute approximate surface area is 143 Å². The van der Waals surface area contributed by atoms with E-state index in [9.17, 15) is 9.59 Å². The fourth-order valence-electron chi connectivity index (χ4n) is 1.83. The molecule has 2 rings (SSSR count). The number of ether oxygens (including phenoxy) is 1. The van der Waals surface area contributed by atoms with Crippen molar-refractivity contribution in [2.75, 3.05) is 23.9 Å². The SMILES string of the molecule is CSc1cccc(NC(=O)COC(=O)c2ccc(Cl)cc2N)c1. The van der Waals surface area contributed by atoms with Crippen molar-refractivity contribution in [3.63, 3.8) is 0 Å². The second-order valence-corrected chi connectivity index (χ2v) is 5.90. The number of carbonyl (C=O) groups excluding carboxylic acids is 2. The number of nitrogens with one attached hydrogen (secondary N) is 1. The molecular weight excluding hydrogens is 336 g/mol. The van der Waals surface area contributed by atoms with Crippen molar-refractivity contribution in [2.45, 2.75) is 4.90 Å². The summed E-state index contributed by atoms with van der Waals surface area (Å²) in [4.78, 5) is 24.8. The molecule has 0 aliphatic heterocycles. The molecule has 0 bridgehead atoms. The minimum atomic E-state index is -0.674. The Bertz CT molecular complexity index is 737. The van der Waals surface area contributed by atoms with Crippen molar-refractivity contribution in [2.24, 2.45) is 0 Å². The van der Waals surface area contributed by atoms with Gasteiger partial charge in [-0.25, -0.2) is 4.79 Å². The fourth-order valence-corrected chi connectivity index (χ4v) is 2.47. The van der Waals surface area contributed by atoms with E-state index in [-0.39, 0.29) is 11.3 Å². The van der Waals surface area contributed by atoms with Crippen LogP contribution in [0.1, 0.15) is 10.4 Å². The van der Waals surface area contributed by atoms with E-state index < -0.39 is 18.5 Å². The summed E-state index contributed by atoms with van der Waals surface area (Å²) >= 11 is 7.33. The van der Waals surface area contributed by atoms with Gasteiger partial charge >= 0.3 is 5.97 Å². The lowest BCUT2D eigenvalue weighted by molar-refractivity contribution is -0.119. The van der Waals surface area contributed by atoms with E-state index in [1.165, 1.54) is 18.2 Å². The van der Waals surface area contributed by atoms with Gasteiger partial charge in [0.05, 0.1) is 5.56 Å². The number of benzene rings is 2. The summed E-state index contributed by atoms with van der Waals surface area (Å²) in [6.45, 7) is -0.398. The minimum Gasteiger partial charge on any atom is -0.452 e. The van der Waals surface area contributed by atoms with Crippen LogP contribution in [-0.2, 0) is 9.53 Å². The summed E-state index contributed by atoms with van der Waals surface area (Å²) in [6, 6.07) is 11.8. The molecule has 0 saturated heterocycles. The predicted octanol–water partition coefficient (Wildman–Crippen LogP) is 3.44. The Morgan fingerprint density at radius 1 is 1.26 bits per heavy atom. The third-order valence-corrected chi connectivity index (χ3v) is 3.88. The molecule has 0 aliphatic carbocycles. The molecule has 0 saturated carbocycles. The second kappa shape index (κ2) is 7.89. The quantitative estimate of drug-likeness (QED) is 0.490. The molecule has 0 atom stereocenters. The van der Waals surface area contributed by atoms with Crippen LogP contribution in [0.25, 0.3) is 0 Å². The summed E-state index contributed by atoms with van der Waals surface area (Å²) in [7, 11) is 0. The number of esters is 1. The van der Waals surface area contributed by atoms with Gasteiger partial charge < -0.3 is 15.8 Å². The van der Waals surface area contributed by atoms with Crippen molar-refractivity contribution < 1.29 is 14.3 Å². The summed E-state index contributed by atoms with van der Waals surface area (Å²) < 4.78 is 4.96. The van der Waals surface area contributed by atoms with E-state index in [0.717, 1.165) is 4.90 Å². The topological polar surface area (TPSA) is 81.4 Å². The largest absolute Gasteiger partial charge is 0.452 e. The van der Waals surface area contributed by atoms with Gasteiger partial charge in [0.15, 0.2) is 6.61 Å². The zero-order chi connectivity index (χ0) is 16.8. The van der Waals surface area contributed by atoms with Gasteiger partial charge in [-0.2, -0.15) is 0 Å². The van der Waals surface area contributed by atoms with Gasteiger partial charge in [0.25, 0.3) is 5.91 Å². The number of nitrogens with two attached hydrogens (primary N) is 1. The average Bonchev–Trinajstić information content (AvgIpc) is 2.53. The van der Waals surface area contributed by atoms with E-state index in [1.54, 1.807) is 17.8 Å². The highest BCUT2D eigenvalue weighted by Gasteiger charge is 2.13. The van der Waals surface area contributed by atoms with Crippen molar-refractivity contribution in [1.29, 1.82) is 0 Å². The number of anilines is 2. The normalized spacial score (nSPS) is 10.2. The van der Waals surface area contributed by atoms with E-state index in [0.29, 0.717) is 10.7 Å². The van der Waals surface area contributed by atoms with Gasteiger partial charge in [-0.05, 0) is 42.7 Å². The van der Waals surface area contributed by atoms with Crippen LogP contribution in [0.4, 0.5) is 11.4 Å². The highest BCUT2D eigenvalue weighted by atomic mass is 35.5. The zero-order valence-corrected chi connectivity index (χ0v) is 13.9. The average molecular weight is 351 g/mol. The Hall–Kier alpha value is -2.18. The van der Waals surface area contributed by atoms with Crippen molar-refractivity contribution in [3.05, 3.63) is 53.1 Å². The first-order valence-electron chi connectivity index (χ1n) is 6.65. The van der Waals surface area contributed by atoms with Crippen LogP contribution in [-0.4, -0.2) is 24.7 Å². The van der Waals surface area contributed by atoms with Crippen LogP contribution < -0.4 is 11.1 Å². The number of hydrogen-bond acceptors (Lipinski definition) is 5. The van der Waals surface area contributed by atoms with Crippen molar-refractivity contribution in [1.82, 2.24) is 0 Å². The van der Waals surface area contributed by atoms with Crippen LogP contribution in [0.15, 0.2) is 47.4 Å². The van der Waals surface area contributed by atoms with Crippen molar-refractivity contribution >= 4 is 46.6 Å². The van der Waals surface area contributed by atoms with E-state index in [1.807, 2.05) is 24.5 Å². The molecule has 120 valence electrons. The van der Waals surface area contributed by atoms with Gasteiger partial charge in [-0.15, -0.1) is 11.8 Å². The van der Waals surface area contributed by atoms with Gasteiger partial charge in [0.2, 0.25) is 0 Å². The highest BCUT2D eigenvalue weighted by molar-refractivity contribution is 7.98. The Balaban J connectivity index is 1.92. The van der Waals surface area contributed by atoms with Crippen LogP contribution >= 0.6 is 23.4 Å². The maximum atomic E-state index is 11.9. The maximum Gasteiger partial charge on any atom is 0.340 e. The van der Waals surface area contributed by atoms with Crippen LogP contribution in [0.2, 0.25) is 5.02 Å². The van der Waals surface area contributed by atoms with Gasteiger partial charge in [0, 0.05) is 21.3 Å². The third-order valence-electron chi connectivity index (χ3n) is 2.92. The van der Waals surface area contributed by atoms with Crippen LogP contribution in [0.3, 0.4) is 0 Å². The lowest BCUT2D eigenvalue weighted by Crippen LogP contribution is -2.21. The molecular formula is C16H15ClN2O3S. The van der Waals surface area contributed by atoms with Crippen LogP contribution in [0, 0.1) is 0 Å². The number of halogens is 1. The third kappa shape index (κ3) is 4.91. The molecule has 0 aliphatic rings. The first-order chi connectivity index (χ1) is 11.0. The number of nitrogen functional groups attached to an aromatic ring is 1. The number of hydrogen-bond donors (Lipinski definition) is 2. The maximum absolute atomic E-state index is 11.9. The Kier molecular flexibility index (Phi) is 5.90. The van der Waals surface area contributed by atoms with E-state index >= 15 is 0 Å².